The van der Waals surface area contributed by atoms with Crippen LogP contribution in [0, 0.1) is 13.8 Å². The van der Waals surface area contributed by atoms with Crippen LogP contribution < -0.4 is 5.32 Å². The second-order valence-electron chi connectivity index (χ2n) is 5.10. The summed E-state index contributed by atoms with van der Waals surface area (Å²) in [5, 5.41) is 4.94. The quantitative estimate of drug-likeness (QED) is 0.905. The van der Waals surface area contributed by atoms with E-state index in [1.54, 1.807) is 0 Å². The fourth-order valence-corrected chi connectivity index (χ4v) is 5.71. The van der Waals surface area contributed by atoms with Gasteiger partial charge in [-0.25, -0.2) is 0 Å². The number of hydrogen-bond donors (Lipinski definition) is 1. The van der Waals surface area contributed by atoms with E-state index in [-0.39, 0.29) is 0 Å². The van der Waals surface area contributed by atoms with Crippen LogP contribution in [0.2, 0.25) is 0 Å². The van der Waals surface area contributed by atoms with E-state index in [2.05, 4.69) is 74.9 Å². The lowest BCUT2D eigenvalue weighted by Gasteiger charge is -2.34. The topological polar surface area (TPSA) is 12.0 Å². The summed E-state index contributed by atoms with van der Waals surface area (Å²) in [6.45, 7) is 6.75. The molecule has 1 aromatic rings. The van der Waals surface area contributed by atoms with Gasteiger partial charge < -0.3 is 5.32 Å². The molecule has 1 saturated heterocycles. The largest absolute Gasteiger partial charge is 0.312 e. The van der Waals surface area contributed by atoms with Gasteiger partial charge in [-0.3, -0.25) is 0 Å². The Bertz CT molecular complexity index is 385. The molecule has 18 heavy (non-hydrogen) atoms. The highest BCUT2D eigenvalue weighted by Crippen LogP contribution is 2.38. The summed E-state index contributed by atoms with van der Waals surface area (Å²) in [7, 11) is 2.09. The van der Waals surface area contributed by atoms with E-state index in [0.29, 0.717) is 11.3 Å². The van der Waals surface area contributed by atoms with Crippen molar-refractivity contribution in [3.63, 3.8) is 0 Å². The van der Waals surface area contributed by atoms with Crippen molar-refractivity contribution in [3.05, 3.63) is 34.9 Å². The maximum absolute atomic E-state index is 3.54. The lowest BCUT2D eigenvalue weighted by molar-refractivity contribution is 0.560. The third-order valence-corrected chi connectivity index (χ3v) is 6.67. The molecule has 0 bridgehead atoms. The van der Waals surface area contributed by atoms with Gasteiger partial charge in [0.05, 0.1) is 0 Å². The normalized spacial score (nSPS) is 26.0. The van der Waals surface area contributed by atoms with Crippen molar-refractivity contribution in [1.82, 2.24) is 5.32 Å². The van der Waals surface area contributed by atoms with Crippen LogP contribution >= 0.6 is 23.5 Å². The summed E-state index contributed by atoms with van der Waals surface area (Å²) in [6, 6.07) is 7.39. The van der Waals surface area contributed by atoms with Gasteiger partial charge in [0, 0.05) is 28.0 Å². The zero-order valence-corrected chi connectivity index (χ0v) is 13.3. The lowest BCUT2D eigenvalue weighted by atomic mass is 9.98. The summed E-state index contributed by atoms with van der Waals surface area (Å²) >= 11 is 4.24. The van der Waals surface area contributed by atoms with Crippen molar-refractivity contribution in [3.8, 4) is 0 Å². The Balaban J connectivity index is 2.26. The number of hydrogen-bond acceptors (Lipinski definition) is 3. The minimum Gasteiger partial charge on any atom is -0.312 e. The van der Waals surface area contributed by atoms with Crippen molar-refractivity contribution in [1.29, 1.82) is 0 Å². The van der Waals surface area contributed by atoms with E-state index in [9.17, 15) is 0 Å². The van der Waals surface area contributed by atoms with Crippen LogP contribution in [-0.4, -0.2) is 29.1 Å². The zero-order valence-electron chi connectivity index (χ0n) is 11.7. The number of aryl methyl sites for hydroxylation is 2. The van der Waals surface area contributed by atoms with Crippen molar-refractivity contribution in [2.75, 3.05) is 18.6 Å². The summed E-state index contributed by atoms with van der Waals surface area (Å²) in [5.41, 5.74) is 4.18. The molecule has 3 heteroatoms. The Hall–Kier alpha value is -0.120. The molecule has 0 spiro atoms. The number of thioether (sulfide) groups is 2. The zero-order chi connectivity index (χ0) is 13.1. The average Bonchev–Trinajstić information content (AvgIpc) is 2.31. The van der Waals surface area contributed by atoms with E-state index in [0.717, 1.165) is 5.25 Å². The third kappa shape index (κ3) is 3.25. The van der Waals surface area contributed by atoms with Gasteiger partial charge in [-0.2, -0.15) is 23.5 Å². The number of nitrogens with one attached hydrogen (secondary N) is 1. The first-order valence-corrected chi connectivity index (χ1v) is 8.70. The van der Waals surface area contributed by atoms with E-state index in [1.165, 1.54) is 28.2 Å². The molecule has 0 radical (unpaired) electrons. The molecule has 1 aliphatic heterocycles. The smallest absolute Gasteiger partial charge is 0.0449 e. The van der Waals surface area contributed by atoms with Gasteiger partial charge >= 0.3 is 0 Å². The van der Waals surface area contributed by atoms with Crippen molar-refractivity contribution < 1.29 is 0 Å². The molecule has 0 saturated carbocycles. The molecule has 0 amide bonds. The van der Waals surface area contributed by atoms with Crippen LogP contribution in [-0.2, 0) is 0 Å². The molecule has 1 nitrogen and oxygen atoms in total. The first-order chi connectivity index (χ1) is 8.61. The second kappa shape index (κ2) is 6.36. The Kier molecular flexibility index (Phi) is 5.05. The average molecular weight is 281 g/mol. The molecular weight excluding hydrogens is 258 g/mol. The van der Waals surface area contributed by atoms with Gasteiger partial charge in [-0.15, -0.1) is 0 Å². The second-order valence-corrected chi connectivity index (χ2v) is 7.87. The van der Waals surface area contributed by atoms with Gasteiger partial charge in [-0.1, -0.05) is 36.2 Å². The summed E-state index contributed by atoms with van der Waals surface area (Å²) < 4.78 is 0. The maximum atomic E-state index is 3.54. The van der Waals surface area contributed by atoms with Gasteiger partial charge in [-0.05, 0) is 26.5 Å². The van der Waals surface area contributed by atoms with Gasteiger partial charge in [0.1, 0.15) is 0 Å². The highest BCUT2D eigenvalue weighted by molar-refractivity contribution is 8.07. The Morgan fingerprint density at radius 2 is 1.72 bits per heavy atom. The molecule has 1 N–H and O–H groups in total. The molecule has 1 heterocycles. The molecule has 2 rings (SSSR count). The summed E-state index contributed by atoms with van der Waals surface area (Å²) in [6.07, 6.45) is 0. The summed E-state index contributed by atoms with van der Waals surface area (Å²) in [4.78, 5) is 0. The first kappa shape index (κ1) is 14.3. The van der Waals surface area contributed by atoms with Crippen LogP contribution in [0.3, 0.4) is 0 Å². The maximum Gasteiger partial charge on any atom is 0.0449 e. The van der Waals surface area contributed by atoms with Gasteiger partial charge in [0.15, 0.2) is 0 Å². The first-order valence-electron chi connectivity index (χ1n) is 6.60. The van der Waals surface area contributed by atoms with Crippen LogP contribution in [0.5, 0.6) is 0 Å². The fraction of sp³-hybridized carbons (Fsp3) is 0.600. The van der Waals surface area contributed by atoms with Gasteiger partial charge in [0.25, 0.3) is 0 Å². The minimum atomic E-state index is 0.469. The molecule has 3 unspecified atom stereocenters. The van der Waals surface area contributed by atoms with E-state index < -0.39 is 0 Å². The predicted octanol–water partition coefficient (Wildman–Crippen LogP) is 3.80. The van der Waals surface area contributed by atoms with Crippen LogP contribution in [0.15, 0.2) is 18.2 Å². The highest BCUT2D eigenvalue weighted by Gasteiger charge is 2.30. The summed E-state index contributed by atoms with van der Waals surface area (Å²) in [5.74, 6) is 2.58. The van der Waals surface area contributed by atoms with Gasteiger partial charge in [0.2, 0.25) is 0 Å². The molecule has 3 atom stereocenters. The van der Waals surface area contributed by atoms with E-state index in [1.807, 2.05) is 0 Å². The Labute approximate surface area is 120 Å². The third-order valence-electron chi connectivity index (χ3n) is 3.48. The van der Waals surface area contributed by atoms with Crippen molar-refractivity contribution in [2.45, 2.75) is 37.3 Å². The molecule has 100 valence electrons. The monoisotopic (exact) mass is 281 g/mol. The van der Waals surface area contributed by atoms with Crippen LogP contribution in [0.4, 0.5) is 0 Å². The SMILES string of the molecule is CNC(c1cc(C)cc(C)c1)C1SCCSC1C. The minimum absolute atomic E-state index is 0.469. The molecular formula is C15H23NS2. The predicted molar refractivity (Wildman–Crippen MR) is 85.9 cm³/mol. The number of rotatable bonds is 3. The molecule has 1 aromatic carbocycles. The molecule has 0 aliphatic carbocycles. The Morgan fingerprint density at radius 3 is 2.28 bits per heavy atom. The standard InChI is InChI=1S/C15H23NS2/c1-10-7-11(2)9-13(8-10)14(16-4)15-12(3)17-5-6-18-15/h7-9,12,14-16H,5-6H2,1-4H3. The molecule has 1 fully saturated rings. The van der Waals surface area contributed by atoms with E-state index in [4.69, 9.17) is 0 Å². The highest BCUT2D eigenvalue weighted by atomic mass is 32.2. The van der Waals surface area contributed by atoms with Crippen molar-refractivity contribution in [2.24, 2.45) is 0 Å². The van der Waals surface area contributed by atoms with E-state index >= 15 is 0 Å². The molecule has 1 aliphatic rings. The molecule has 0 aromatic heterocycles. The fourth-order valence-electron chi connectivity index (χ4n) is 2.73. The Morgan fingerprint density at radius 1 is 1.11 bits per heavy atom. The van der Waals surface area contributed by atoms with Crippen molar-refractivity contribution >= 4 is 23.5 Å². The lowest BCUT2D eigenvalue weighted by Crippen LogP contribution is -2.36. The number of benzene rings is 1. The van der Waals surface area contributed by atoms with Crippen LogP contribution in [0.25, 0.3) is 0 Å². The van der Waals surface area contributed by atoms with Crippen LogP contribution in [0.1, 0.15) is 29.7 Å².